The summed E-state index contributed by atoms with van der Waals surface area (Å²) in [6, 6.07) is 0. The minimum Gasteiger partial charge on any atom is -0.393 e. The Labute approximate surface area is 130 Å². The monoisotopic (exact) mass is 320 g/mol. The van der Waals surface area contributed by atoms with Gasteiger partial charge in [0, 0.05) is 19.4 Å². The summed E-state index contributed by atoms with van der Waals surface area (Å²) in [5.41, 5.74) is -0.0340. The highest BCUT2D eigenvalue weighted by atomic mass is 32.2. The molecule has 3 aliphatic rings. The standard InChI is InChI=1S/C16H26F2O2S/c17-16(18)4-1-12(2-5-16)14(19)13-3-8-20-15(11-13)6-9-21-10-7-15/h12-14,19H,1-11H2. The lowest BCUT2D eigenvalue weighted by Crippen LogP contribution is -2.47. The second kappa shape index (κ2) is 6.32. The van der Waals surface area contributed by atoms with Crippen molar-refractivity contribution in [1.82, 2.24) is 0 Å². The first kappa shape index (κ1) is 16.0. The van der Waals surface area contributed by atoms with Crippen LogP contribution in [0.3, 0.4) is 0 Å². The minimum absolute atomic E-state index is 0.0340. The van der Waals surface area contributed by atoms with Gasteiger partial charge in [-0.25, -0.2) is 8.78 Å². The molecule has 2 heterocycles. The van der Waals surface area contributed by atoms with Crippen molar-refractivity contribution < 1.29 is 18.6 Å². The SMILES string of the molecule is OC(C1CCC(F)(F)CC1)C1CCOC2(CCSCC2)C1. The topological polar surface area (TPSA) is 29.5 Å². The van der Waals surface area contributed by atoms with Gasteiger partial charge in [-0.15, -0.1) is 0 Å². The molecular formula is C16H26F2O2S. The number of hydrogen-bond acceptors (Lipinski definition) is 3. The first-order valence-electron chi connectivity index (χ1n) is 8.27. The van der Waals surface area contributed by atoms with Gasteiger partial charge in [0.25, 0.3) is 0 Å². The summed E-state index contributed by atoms with van der Waals surface area (Å²) in [7, 11) is 0. The van der Waals surface area contributed by atoms with Gasteiger partial charge in [-0.3, -0.25) is 0 Å². The molecule has 0 amide bonds. The van der Waals surface area contributed by atoms with Crippen molar-refractivity contribution in [3.63, 3.8) is 0 Å². The summed E-state index contributed by atoms with van der Waals surface area (Å²) in [6.45, 7) is 0.718. The Morgan fingerprint density at radius 2 is 1.67 bits per heavy atom. The van der Waals surface area contributed by atoms with Gasteiger partial charge in [0.2, 0.25) is 5.92 Å². The highest BCUT2D eigenvalue weighted by Crippen LogP contribution is 2.44. The van der Waals surface area contributed by atoms with E-state index in [0.29, 0.717) is 12.8 Å². The molecule has 2 nitrogen and oxygen atoms in total. The Morgan fingerprint density at radius 1 is 1.00 bits per heavy atom. The predicted octanol–water partition coefficient (Wildman–Crippen LogP) is 3.87. The number of alkyl halides is 2. The molecule has 0 aromatic rings. The van der Waals surface area contributed by atoms with Crippen LogP contribution in [0.15, 0.2) is 0 Å². The Morgan fingerprint density at radius 3 is 2.33 bits per heavy atom. The van der Waals surface area contributed by atoms with E-state index in [1.54, 1.807) is 0 Å². The summed E-state index contributed by atoms with van der Waals surface area (Å²) in [4.78, 5) is 0. The predicted molar refractivity (Wildman–Crippen MR) is 80.9 cm³/mol. The third-order valence-electron chi connectivity index (χ3n) is 5.66. The fraction of sp³-hybridized carbons (Fsp3) is 1.00. The molecule has 0 bridgehead atoms. The van der Waals surface area contributed by atoms with Crippen LogP contribution in [-0.4, -0.2) is 40.8 Å². The fourth-order valence-corrected chi connectivity index (χ4v) is 5.47. The van der Waals surface area contributed by atoms with Crippen LogP contribution in [0.1, 0.15) is 51.4 Å². The second-order valence-corrected chi connectivity index (χ2v) is 8.31. The summed E-state index contributed by atoms with van der Waals surface area (Å²) in [6.07, 6.45) is 4.34. The van der Waals surface area contributed by atoms with Crippen molar-refractivity contribution in [2.24, 2.45) is 11.8 Å². The molecular weight excluding hydrogens is 294 g/mol. The first-order chi connectivity index (χ1) is 10.00. The number of aliphatic hydroxyl groups excluding tert-OH is 1. The normalized spacial score (nSPS) is 34.7. The largest absolute Gasteiger partial charge is 0.393 e. The molecule has 2 saturated heterocycles. The van der Waals surface area contributed by atoms with Gasteiger partial charge in [0.1, 0.15) is 0 Å². The van der Waals surface area contributed by atoms with Crippen LogP contribution in [0, 0.1) is 11.8 Å². The zero-order chi connectivity index (χ0) is 14.9. The van der Waals surface area contributed by atoms with Crippen molar-refractivity contribution in [3.8, 4) is 0 Å². The molecule has 0 radical (unpaired) electrons. The van der Waals surface area contributed by atoms with Gasteiger partial charge in [-0.05, 0) is 61.9 Å². The lowest BCUT2D eigenvalue weighted by Gasteiger charge is -2.46. The average molecular weight is 320 g/mol. The van der Waals surface area contributed by atoms with E-state index in [1.807, 2.05) is 11.8 Å². The maximum absolute atomic E-state index is 13.3. The molecule has 3 fully saturated rings. The molecule has 0 aromatic carbocycles. The van der Waals surface area contributed by atoms with Crippen LogP contribution in [0.2, 0.25) is 0 Å². The van der Waals surface area contributed by atoms with Crippen LogP contribution >= 0.6 is 11.8 Å². The lowest BCUT2D eigenvalue weighted by atomic mass is 9.73. The number of hydrogen-bond donors (Lipinski definition) is 1. The summed E-state index contributed by atoms with van der Waals surface area (Å²) in [5, 5.41) is 10.7. The van der Waals surface area contributed by atoms with Crippen LogP contribution in [-0.2, 0) is 4.74 Å². The Balaban J connectivity index is 1.58. The average Bonchev–Trinajstić information content (AvgIpc) is 2.47. The van der Waals surface area contributed by atoms with Gasteiger partial charge < -0.3 is 9.84 Å². The molecule has 2 atom stereocenters. The van der Waals surface area contributed by atoms with Crippen molar-refractivity contribution in [1.29, 1.82) is 0 Å². The third kappa shape index (κ3) is 3.73. The Hall–Kier alpha value is 0.130. The van der Waals surface area contributed by atoms with Crippen LogP contribution in [0.25, 0.3) is 0 Å². The van der Waals surface area contributed by atoms with E-state index in [-0.39, 0.29) is 30.3 Å². The minimum atomic E-state index is -2.51. The van der Waals surface area contributed by atoms with Gasteiger partial charge in [-0.2, -0.15) is 11.8 Å². The Kier molecular flexibility index (Phi) is 4.82. The van der Waals surface area contributed by atoms with E-state index < -0.39 is 12.0 Å². The van der Waals surface area contributed by atoms with Gasteiger partial charge in [0.15, 0.2) is 0 Å². The zero-order valence-electron chi connectivity index (χ0n) is 12.5. The molecule has 2 aliphatic heterocycles. The summed E-state index contributed by atoms with van der Waals surface area (Å²) < 4.78 is 32.6. The highest BCUT2D eigenvalue weighted by molar-refractivity contribution is 7.99. The molecule has 21 heavy (non-hydrogen) atoms. The number of rotatable bonds is 2. The smallest absolute Gasteiger partial charge is 0.248 e. The number of thioether (sulfide) groups is 1. The zero-order valence-corrected chi connectivity index (χ0v) is 13.3. The van der Waals surface area contributed by atoms with E-state index in [2.05, 4.69) is 0 Å². The second-order valence-electron chi connectivity index (χ2n) is 7.08. The van der Waals surface area contributed by atoms with Gasteiger partial charge in [0.05, 0.1) is 11.7 Å². The molecule has 1 N–H and O–H groups in total. The van der Waals surface area contributed by atoms with Crippen LogP contribution in [0.4, 0.5) is 8.78 Å². The first-order valence-corrected chi connectivity index (χ1v) is 9.43. The fourth-order valence-electron chi connectivity index (χ4n) is 4.24. The molecule has 3 rings (SSSR count). The maximum Gasteiger partial charge on any atom is 0.248 e. The molecule has 0 aromatic heterocycles. The molecule has 5 heteroatoms. The van der Waals surface area contributed by atoms with E-state index in [1.165, 1.54) is 0 Å². The Bertz CT molecular complexity index is 343. The quantitative estimate of drug-likeness (QED) is 0.837. The molecule has 1 spiro atoms. The number of halogens is 2. The van der Waals surface area contributed by atoms with Gasteiger partial charge >= 0.3 is 0 Å². The molecule has 1 aliphatic carbocycles. The van der Waals surface area contributed by atoms with Crippen molar-refractivity contribution in [2.45, 2.75) is 69.0 Å². The third-order valence-corrected chi connectivity index (χ3v) is 6.65. The highest BCUT2D eigenvalue weighted by Gasteiger charge is 2.44. The van der Waals surface area contributed by atoms with E-state index >= 15 is 0 Å². The summed E-state index contributed by atoms with van der Waals surface area (Å²) >= 11 is 1.97. The molecule has 1 saturated carbocycles. The van der Waals surface area contributed by atoms with E-state index in [0.717, 1.165) is 43.8 Å². The lowest BCUT2D eigenvalue weighted by molar-refractivity contribution is -0.135. The van der Waals surface area contributed by atoms with Crippen molar-refractivity contribution in [2.75, 3.05) is 18.1 Å². The molecule has 2 unspecified atom stereocenters. The molecule has 122 valence electrons. The van der Waals surface area contributed by atoms with Gasteiger partial charge in [-0.1, -0.05) is 0 Å². The van der Waals surface area contributed by atoms with Crippen molar-refractivity contribution >= 4 is 11.8 Å². The number of ether oxygens (including phenoxy) is 1. The van der Waals surface area contributed by atoms with Crippen LogP contribution in [0.5, 0.6) is 0 Å². The van der Waals surface area contributed by atoms with E-state index in [4.69, 9.17) is 4.74 Å². The summed E-state index contributed by atoms with van der Waals surface area (Å²) in [5.74, 6) is 0.0614. The van der Waals surface area contributed by atoms with E-state index in [9.17, 15) is 13.9 Å². The van der Waals surface area contributed by atoms with Crippen molar-refractivity contribution in [3.05, 3.63) is 0 Å². The maximum atomic E-state index is 13.3. The number of aliphatic hydroxyl groups is 1. The van der Waals surface area contributed by atoms with Crippen LogP contribution < -0.4 is 0 Å².